The summed E-state index contributed by atoms with van der Waals surface area (Å²) in [7, 11) is 0. The predicted octanol–water partition coefficient (Wildman–Crippen LogP) is 1.95. The third-order valence-corrected chi connectivity index (χ3v) is 1.67. The molecule has 68 valence electrons. The Hall–Kier alpha value is -1.20. The number of nitrogen functional groups attached to an aromatic ring is 1. The topological polar surface area (TPSA) is 38.9 Å². The van der Waals surface area contributed by atoms with E-state index in [1.165, 1.54) is 0 Å². The first-order valence-electron chi connectivity index (χ1n) is 4.01. The van der Waals surface area contributed by atoms with Gasteiger partial charge in [0, 0.05) is 18.5 Å². The number of aryl methyl sites for hydroxylation is 1. The van der Waals surface area contributed by atoms with Crippen molar-refractivity contribution < 1.29 is 0 Å². The van der Waals surface area contributed by atoms with Crippen LogP contribution in [0.5, 0.6) is 0 Å². The molecule has 0 unspecified atom stereocenters. The van der Waals surface area contributed by atoms with Crippen molar-refractivity contribution in [2.24, 2.45) is 0 Å². The summed E-state index contributed by atoms with van der Waals surface area (Å²) in [5.41, 5.74) is 8.01. The molecule has 0 aliphatic rings. The highest BCUT2D eigenvalue weighted by Gasteiger charge is 1.95. The molecule has 1 aromatic rings. The van der Waals surface area contributed by atoms with Crippen molar-refractivity contribution in [3.63, 3.8) is 0 Å². The number of anilines is 1. The number of rotatable bonds is 1. The van der Waals surface area contributed by atoms with Crippen LogP contribution in [-0.4, -0.2) is 10.9 Å². The summed E-state index contributed by atoms with van der Waals surface area (Å²) in [6, 6.07) is 1.86. The van der Waals surface area contributed by atoms with Crippen molar-refractivity contribution >= 4 is 17.3 Å². The number of pyridine rings is 1. The van der Waals surface area contributed by atoms with Gasteiger partial charge in [0.05, 0.1) is 5.69 Å². The quantitative estimate of drug-likeness (QED) is 0.548. The van der Waals surface area contributed by atoms with Crippen LogP contribution in [0, 0.1) is 18.8 Å². The minimum absolute atomic E-state index is 0.540. The molecular weight excluding hydrogens is 184 g/mol. The second kappa shape index (κ2) is 4.74. The molecule has 0 aliphatic heterocycles. The zero-order valence-electron chi connectivity index (χ0n) is 7.47. The molecule has 0 bridgehead atoms. The third-order valence-electron chi connectivity index (χ3n) is 1.48. The number of halogens is 1. The van der Waals surface area contributed by atoms with Gasteiger partial charge in [-0.15, -0.1) is 11.6 Å². The third kappa shape index (κ3) is 2.96. The minimum Gasteiger partial charge on any atom is -0.396 e. The van der Waals surface area contributed by atoms with E-state index in [2.05, 4.69) is 16.8 Å². The molecule has 0 atom stereocenters. The number of aromatic nitrogens is 1. The fraction of sp³-hybridized carbons (Fsp3) is 0.300. The van der Waals surface area contributed by atoms with Crippen LogP contribution in [0.25, 0.3) is 0 Å². The number of nitrogens with zero attached hydrogens (tertiary/aromatic N) is 1. The maximum Gasteiger partial charge on any atom is 0.136 e. The van der Waals surface area contributed by atoms with Crippen LogP contribution in [0.4, 0.5) is 5.69 Å². The molecule has 13 heavy (non-hydrogen) atoms. The smallest absolute Gasteiger partial charge is 0.136 e. The lowest BCUT2D eigenvalue weighted by Crippen LogP contribution is -1.94. The molecule has 0 aliphatic carbocycles. The molecule has 1 rings (SSSR count). The number of hydrogen-bond acceptors (Lipinski definition) is 2. The maximum absolute atomic E-state index is 5.71. The Morgan fingerprint density at radius 3 is 3.00 bits per heavy atom. The van der Waals surface area contributed by atoms with Crippen LogP contribution in [0.1, 0.15) is 17.7 Å². The number of nitrogens with two attached hydrogens (primary N) is 1. The normalized spacial score (nSPS) is 9.08. The Bertz CT molecular complexity index is 350. The SMILES string of the molecule is Cc1cnc(C#CCCCl)c(N)c1. The fourth-order valence-electron chi connectivity index (χ4n) is 0.890. The summed E-state index contributed by atoms with van der Waals surface area (Å²) in [5, 5.41) is 0. The van der Waals surface area contributed by atoms with E-state index in [1.54, 1.807) is 6.20 Å². The van der Waals surface area contributed by atoms with Crippen molar-refractivity contribution in [2.45, 2.75) is 13.3 Å². The van der Waals surface area contributed by atoms with Gasteiger partial charge in [-0.05, 0) is 24.5 Å². The molecule has 2 nitrogen and oxygen atoms in total. The average molecular weight is 195 g/mol. The molecule has 1 aromatic heterocycles. The van der Waals surface area contributed by atoms with Crippen molar-refractivity contribution in [3.8, 4) is 11.8 Å². The van der Waals surface area contributed by atoms with E-state index in [-0.39, 0.29) is 0 Å². The van der Waals surface area contributed by atoms with E-state index in [0.717, 1.165) is 5.56 Å². The van der Waals surface area contributed by atoms with E-state index >= 15 is 0 Å². The molecule has 2 N–H and O–H groups in total. The highest BCUT2D eigenvalue weighted by Crippen LogP contribution is 2.08. The highest BCUT2D eigenvalue weighted by atomic mass is 35.5. The standard InChI is InChI=1S/C10H11ClN2/c1-8-6-9(12)10(13-7-8)4-2-3-5-11/h6-7H,3,5,12H2,1H3. The molecule has 0 saturated heterocycles. The second-order valence-electron chi connectivity index (χ2n) is 2.69. The summed E-state index contributed by atoms with van der Waals surface area (Å²) in [6.45, 7) is 1.94. The first-order chi connectivity index (χ1) is 6.24. The monoisotopic (exact) mass is 194 g/mol. The van der Waals surface area contributed by atoms with E-state index < -0.39 is 0 Å². The number of hydrogen-bond donors (Lipinski definition) is 1. The van der Waals surface area contributed by atoms with Gasteiger partial charge in [0.1, 0.15) is 5.69 Å². The molecule has 0 aromatic carbocycles. The lowest BCUT2D eigenvalue weighted by atomic mass is 10.2. The van der Waals surface area contributed by atoms with E-state index in [4.69, 9.17) is 17.3 Å². The van der Waals surface area contributed by atoms with Gasteiger partial charge < -0.3 is 5.73 Å². The lowest BCUT2D eigenvalue weighted by molar-refractivity contribution is 1.23. The molecule has 0 saturated carbocycles. The van der Waals surface area contributed by atoms with Gasteiger partial charge in [-0.25, -0.2) is 4.98 Å². The molecule has 0 fully saturated rings. The van der Waals surface area contributed by atoms with Crippen molar-refractivity contribution in [2.75, 3.05) is 11.6 Å². The first-order valence-corrected chi connectivity index (χ1v) is 4.54. The Balaban J connectivity index is 2.85. The van der Waals surface area contributed by atoms with E-state index in [1.807, 2.05) is 13.0 Å². The predicted molar refractivity (Wildman–Crippen MR) is 55.6 cm³/mol. The van der Waals surface area contributed by atoms with Crippen molar-refractivity contribution in [1.82, 2.24) is 4.98 Å². The molecule has 0 spiro atoms. The van der Waals surface area contributed by atoms with Crippen LogP contribution in [0.2, 0.25) is 0 Å². The maximum atomic E-state index is 5.71. The van der Waals surface area contributed by atoms with Crippen LogP contribution in [0.15, 0.2) is 12.3 Å². The van der Waals surface area contributed by atoms with Crippen LogP contribution in [-0.2, 0) is 0 Å². The highest BCUT2D eigenvalue weighted by molar-refractivity contribution is 6.18. The van der Waals surface area contributed by atoms with Crippen LogP contribution >= 0.6 is 11.6 Å². The molecular formula is C10H11ClN2. The van der Waals surface area contributed by atoms with Gasteiger partial charge in [0.15, 0.2) is 0 Å². The van der Waals surface area contributed by atoms with Gasteiger partial charge in [-0.1, -0.05) is 5.92 Å². The van der Waals surface area contributed by atoms with Crippen LogP contribution in [0.3, 0.4) is 0 Å². The zero-order chi connectivity index (χ0) is 9.68. The summed E-state index contributed by atoms with van der Waals surface area (Å²) >= 11 is 5.48. The van der Waals surface area contributed by atoms with Crippen molar-refractivity contribution in [3.05, 3.63) is 23.5 Å². The van der Waals surface area contributed by atoms with Crippen molar-refractivity contribution in [1.29, 1.82) is 0 Å². The minimum atomic E-state index is 0.540. The van der Waals surface area contributed by atoms with E-state index in [0.29, 0.717) is 23.7 Å². The Labute approximate surface area is 83.1 Å². The summed E-state index contributed by atoms with van der Waals surface area (Å²) in [6.07, 6.45) is 2.41. The molecule has 0 amide bonds. The fourth-order valence-corrected chi connectivity index (χ4v) is 0.984. The Morgan fingerprint density at radius 1 is 1.62 bits per heavy atom. The van der Waals surface area contributed by atoms with Gasteiger partial charge in [0.25, 0.3) is 0 Å². The number of alkyl halides is 1. The molecule has 3 heteroatoms. The van der Waals surface area contributed by atoms with Crippen LogP contribution < -0.4 is 5.73 Å². The largest absolute Gasteiger partial charge is 0.396 e. The second-order valence-corrected chi connectivity index (χ2v) is 3.07. The summed E-state index contributed by atoms with van der Waals surface area (Å²) in [5.74, 6) is 6.30. The Kier molecular flexibility index (Phi) is 3.60. The lowest BCUT2D eigenvalue weighted by Gasteiger charge is -1.97. The zero-order valence-corrected chi connectivity index (χ0v) is 8.23. The molecule has 0 radical (unpaired) electrons. The van der Waals surface area contributed by atoms with Gasteiger partial charge in [-0.3, -0.25) is 0 Å². The average Bonchev–Trinajstić information content (AvgIpc) is 2.09. The van der Waals surface area contributed by atoms with Gasteiger partial charge in [0.2, 0.25) is 0 Å². The van der Waals surface area contributed by atoms with Gasteiger partial charge >= 0.3 is 0 Å². The summed E-state index contributed by atoms with van der Waals surface area (Å²) < 4.78 is 0. The Morgan fingerprint density at radius 2 is 2.38 bits per heavy atom. The summed E-state index contributed by atoms with van der Waals surface area (Å²) in [4.78, 5) is 4.11. The first kappa shape index (κ1) is 9.88. The van der Waals surface area contributed by atoms with E-state index in [9.17, 15) is 0 Å². The molecule has 1 heterocycles. The van der Waals surface area contributed by atoms with Gasteiger partial charge in [-0.2, -0.15) is 0 Å².